The van der Waals surface area contributed by atoms with Crippen LogP contribution in [0.3, 0.4) is 0 Å². The van der Waals surface area contributed by atoms with Crippen molar-refractivity contribution in [3.63, 3.8) is 0 Å². The highest BCUT2D eigenvalue weighted by Gasteiger charge is 2.16. The molecule has 1 aliphatic heterocycles. The molecule has 1 N–H and O–H groups in total. The minimum absolute atomic E-state index is 0.496. The van der Waals surface area contributed by atoms with Crippen LogP contribution in [-0.2, 0) is 13.6 Å². The molecule has 0 saturated carbocycles. The number of nitrogens with one attached hydrogen (secondary N) is 1. The van der Waals surface area contributed by atoms with Crippen molar-refractivity contribution in [2.45, 2.75) is 6.54 Å². The van der Waals surface area contributed by atoms with Crippen LogP contribution >= 0.6 is 11.6 Å². The number of halogens is 1. The fourth-order valence-corrected chi connectivity index (χ4v) is 2.95. The summed E-state index contributed by atoms with van der Waals surface area (Å²) in [5, 5.41) is 12.4. The maximum Gasteiger partial charge on any atom is 0.163 e. The number of anilines is 1. The third-order valence-corrected chi connectivity index (χ3v) is 4.38. The van der Waals surface area contributed by atoms with Crippen molar-refractivity contribution in [2.24, 2.45) is 7.05 Å². The molecule has 2 heterocycles. The molecule has 0 bridgehead atoms. The van der Waals surface area contributed by atoms with Gasteiger partial charge in [-0.2, -0.15) is 0 Å². The average Bonchev–Trinajstić information content (AvgIpc) is 3.01. The molecule has 1 aliphatic rings. The number of hydrogen-bond donors (Lipinski definition) is 1. The summed E-state index contributed by atoms with van der Waals surface area (Å²) in [6.45, 7) is 1.57. The number of hydrogen-bond acceptors (Lipinski definition) is 5. The van der Waals surface area contributed by atoms with Crippen molar-refractivity contribution >= 4 is 17.3 Å². The standard InChI is InChI=1S/C18H17ClN4O2/c1-23-17(21-22-18(23)12-5-3-2-4-6-12)11-20-14-10-16-15(9-13(14)19)24-7-8-25-16/h2-6,9-10,20H,7-8,11H2,1H3. The Morgan fingerprint density at radius 3 is 2.56 bits per heavy atom. The molecular weight excluding hydrogens is 340 g/mol. The van der Waals surface area contributed by atoms with E-state index in [1.807, 2.05) is 48.0 Å². The van der Waals surface area contributed by atoms with Crippen LogP contribution in [-0.4, -0.2) is 28.0 Å². The summed E-state index contributed by atoms with van der Waals surface area (Å²) in [7, 11) is 1.95. The van der Waals surface area contributed by atoms with Crippen LogP contribution in [0.25, 0.3) is 11.4 Å². The molecule has 0 amide bonds. The summed E-state index contributed by atoms with van der Waals surface area (Å²) in [4.78, 5) is 0. The van der Waals surface area contributed by atoms with E-state index in [0.717, 1.165) is 22.9 Å². The molecular formula is C18H17ClN4O2. The topological polar surface area (TPSA) is 61.2 Å². The second kappa shape index (κ2) is 6.64. The van der Waals surface area contributed by atoms with Crippen molar-refractivity contribution in [1.82, 2.24) is 14.8 Å². The van der Waals surface area contributed by atoms with Crippen LogP contribution < -0.4 is 14.8 Å². The number of benzene rings is 2. The Balaban J connectivity index is 1.53. The first kappa shape index (κ1) is 15.8. The van der Waals surface area contributed by atoms with Gasteiger partial charge in [-0.3, -0.25) is 0 Å². The smallest absolute Gasteiger partial charge is 0.163 e. The average molecular weight is 357 g/mol. The van der Waals surface area contributed by atoms with E-state index >= 15 is 0 Å². The summed E-state index contributed by atoms with van der Waals surface area (Å²) in [5.41, 5.74) is 1.80. The van der Waals surface area contributed by atoms with Crippen molar-refractivity contribution in [3.05, 3.63) is 53.3 Å². The molecule has 25 heavy (non-hydrogen) atoms. The van der Waals surface area contributed by atoms with Crippen LogP contribution in [0.1, 0.15) is 5.82 Å². The molecule has 0 aliphatic carbocycles. The lowest BCUT2D eigenvalue weighted by atomic mass is 10.2. The van der Waals surface area contributed by atoms with Gasteiger partial charge in [-0.15, -0.1) is 10.2 Å². The first-order chi connectivity index (χ1) is 12.2. The summed E-state index contributed by atoms with van der Waals surface area (Å²) in [5.74, 6) is 3.00. The number of rotatable bonds is 4. The van der Waals surface area contributed by atoms with Crippen molar-refractivity contribution in [2.75, 3.05) is 18.5 Å². The third kappa shape index (κ3) is 3.13. The van der Waals surface area contributed by atoms with Gasteiger partial charge >= 0.3 is 0 Å². The Kier molecular flexibility index (Phi) is 4.19. The van der Waals surface area contributed by atoms with E-state index in [9.17, 15) is 0 Å². The first-order valence-electron chi connectivity index (χ1n) is 7.99. The Morgan fingerprint density at radius 1 is 1.08 bits per heavy atom. The fourth-order valence-electron chi connectivity index (χ4n) is 2.73. The molecule has 0 radical (unpaired) electrons. The molecule has 2 aromatic carbocycles. The van der Waals surface area contributed by atoms with E-state index in [1.54, 1.807) is 6.07 Å². The minimum Gasteiger partial charge on any atom is -0.486 e. The highest BCUT2D eigenvalue weighted by atomic mass is 35.5. The predicted octanol–water partition coefficient (Wildman–Crippen LogP) is 3.52. The van der Waals surface area contributed by atoms with E-state index in [4.69, 9.17) is 21.1 Å². The van der Waals surface area contributed by atoms with Gasteiger partial charge in [0, 0.05) is 24.7 Å². The van der Waals surface area contributed by atoms with Crippen molar-refractivity contribution < 1.29 is 9.47 Å². The van der Waals surface area contributed by atoms with E-state index in [0.29, 0.717) is 36.3 Å². The van der Waals surface area contributed by atoms with E-state index in [1.165, 1.54) is 0 Å². The lowest BCUT2D eigenvalue weighted by Gasteiger charge is -2.20. The van der Waals surface area contributed by atoms with Crippen LogP contribution in [0.5, 0.6) is 11.5 Å². The van der Waals surface area contributed by atoms with Gasteiger partial charge in [0.05, 0.1) is 17.3 Å². The van der Waals surface area contributed by atoms with Gasteiger partial charge in [0.1, 0.15) is 13.2 Å². The Morgan fingerprint density at radius 2 is 1.80 bits per heavy atom. The molecule has 0 fully saturated rings. The van der Waals surface area contributed by atoms with Gasteiger partial charge in [0.15, 0.2) is 23.1 Å². The van der Waals surface area contributed by atoms with E-state index in [-0.39, 0.29) is 0 Å². The van der Waals surface area contributed by atoms with E-state index in [2.05, 4.69) is 15.5 Å². The van der Waals surface area contributed by atoms with Crippen molar-refractivity contribution in [1.29, 1.82) is 0 Å². The Bertz CT molecular complexity index is 896. The van der Waals surface area contributed by atoms with Gasteiger partial charge in [0.2, 0.25) is 0 Å². The fraction of sp³-hybridized carbons (Fsp3) is 0.222. The SMILES string of the molecule is Cn1c(CNc2cc3c(cc2Cl)OCCO3)nnc1-c1ccccc1. The third-order valence-electron chi connectivity index (χ3n) is 4.07. The van der Waals surface area contributed by atoms with Gasteiger partial charge in [0.25, 0.3) is 0 Å². The minimum atomic E-state index is 0.496. The molecule has 6 nitrogen and oxygen atoms in total. The van der Waals surface area contributed by atoms with E-state index < -0.39 is 0 Å². The summed E-state index contributed by atoms with van der Waals surface area (Å²) in [6.07, 6.45) is 0. The van der Waals surface area contributed by atoms with Crippen LogP contribution in [0.2, 0.25) is 5.02 Å². The van der Waals surface area contributed by atoms with Crippen LogP contribution in [0.15, 0.2) is 42.5 Å². The summed E-state index contributed by atoms with van der Waals surface area (Å²) >= 11 is 6.33. The Hall–Kier alpha value is -2.73. The van der Waals surface area contributed by atoms with Gasteiger partial charge in [-0.25, -0.2) is 0 Å². The largest absolute Gasteiger partial charge is 0.486 e. The van der Waals surface area contributed by atoms with Gasteiger partial charge in [-0.1, -0.05) is 41.9 Å². The molecule has 0 saturated heterocycles. The van der Waals surface area contributed by atoms with Gasteiger partial charge < -0.3 is 19.4 Å². The molecule has 0 spiro atoms. The Labute approximate surface area is 150 Å². The first-order valence-corrected chi connectivity index (χ1v) is 8.37. The zero-order valence-electron chi connectivity index (χ0n) is 13.7. The lowest BCUT2D eigenvalue weighted by molar-refractivity contribution is 0.171. The maximum absolute atomic E-state index is 6.33. The molecule has 0 atom stereocenters. The quantitative estimate of drug-likeness (QED) is 0.775. The highest BCUT2D eigenvalue weighted by Crippen LogP contribution is 2.38. The molecule has 0 unspecified atom stereocenters. The number of nitrogens with zero attached hydrogens (tertiary/aromatic N) is 3. The van der Waals surface area contributed by atoms with Crippen molar-refractivity contribution in [3.8, 4) is 22.9 Å². The molecule has 4 rings (SSSR count). The molecule has 3 aromatic rings. The second-order valence-electron chi connectivity index (χ2n) is 5.69. The highest BCUT2D eigenvalue weighted by molar-refractivity contribution is 6.33. The number of aromatic nitrogens is 3. The normalized spacial score (nSPS) is 12.9. The molecule has 1 aromatic heterocycles. The summed E-state index contributed by atoms with van der Waals surface area (Å²) in [6, 6.07) is 13.6. The number of ether oxygens (including phenoxy) is 2. The molecule has 128 valence electrons. The monoisotopic (exact) mass is 356 g/mol. The lowest BCUT2D eigenvalue weighted by Crippen LogP contribution is -2.15. The molecule has 7 heteroatoms. The van der Waals surface area contributed by atoms with Gasteiger partial charge in [-0.05, 0) is 0 Å². The van der Waals surface area contributed by atoms with Crippen LogP contribution in [0.4, 0.5) is 5.69 Å². The van der Waals surface area contributed by atoms with Crippen LogP contribution in [0, 0.1) is 0 Å². The zero-order valence-corrected chi connectivity index (χ0v) is 14.5. The predicted molar refractivity (Wildman–Crippen MR) is 96.2 cm³/mol. The summed E-state index contributed by atoms with van der Waals surface area (Å²) < 4.78 is 13.1. The second-order valence-corrected chi connectivity index (χ2v) is 6.10. The number of fused-ring (bicyclic) bond motifs is 1. The zero-order chi connectivity index (χ0) is 17.2. The maximum atomic E-state index is 6.33.